The molecule has 1 aliphatic heterocycles. The maximum atomic E-state index is 6.23. The van der Waals surface area contributed by atoms with Gasteiger partial charge in [0.05, 0.1) is 5.02 Å². The molecule has 0 aromatic carbocycles. The number of rotatable bonds is 3. The zero-order chi connectivity index (χ0) is 12.3. The van der Waals surface area contributed by atoms with E-state index < -0.39 is 0 Å². The molecular weight excluding hydrogens is 259 g/mol. The summed E-state index contributed by atoms with van der Waals surface area (Å²) in [6.07, 6.45) is 3.82. The summed E-state index contributed by atoms with van der Waals surface area (Å²) in [7, 11) is 2.03. The maximum absolute atomic E-state index is 6.23. The number of aromatic nitrogens is 1. The summed E-state index contributed by atoms with van der Waals surface area (Å²) in [6.45, 7) is 1.62. The second-order valence-corrected chi connectivity index (χ2v) is 4.91. The molecule has 0 radical (unpaired) electrons. The van der Waals surface area contributed by atoms with Crippen LogP contribution in [0, 0.1) is 0 Å². The molecule has 1 fully saturated rings. The van der Waals surface area contributed by atoms with Crippen molar-refractivity contribution >= 4 is 29.0 Å². The zero-order valence-electron chi connectivity index (χ0n) is 9.83. The molecule has 1 aromatic rings. The zero-order valence-corrected chi connectivity index (χ0v) is 11.3. The van der Waals surface area contributed by atoms with Crippen LogP contribution in [0.15, 0.2) is 12.3 Å². The minimum atomic E-state index is 0.438. The van der Waals surface area contributed by atoms with E-state index in [9.17, 15) is 0 Å². The van der Waals surface area contributed by atoms with Crippen LogP contribution in [0.3, 0.4) is 0 Å². The van der Waals surface area contributed by atoms with Crippen LogP contribution in [0.5, 0.6) is 0 Å². The lowest BCUT2D eigenvalue weighted by molar-refractivity contribution is 0.0853. The Bertz CT molecular complexity index is 381. The molecule has 1 aromatic heterocycles. The average molecular weight is 275 g/mol. The predicted molar refractivity (Wildman–Crippen MR) is 71.0 cm³/mol. The van der Waals surface area contributed by atoms with Gasteiger partial charge in [-0.15, -0.1) is 11.6 Å². The molecule has 5 heteroatoms. The lowest BCUT2D eigenvalue weighted by Gasteiger charge is -2.32. The minimum absolute atomic E-state index is 0.438. The fourth-order valence-corrected chi connectivity index (χ4v) is 2.52. The van der Waals surface area contributed by atoms with Gasteiger partial charge in [-0.05, 0) is 24.5 Å². The molecule has 0 bridgehead atoms. The first-order valence-electron chi connectivity index (χ1n) is 5.73. The molecule has 1 aliphatic rings. The summed E-state index contributed by atoms with van der Waals surface area (Å²) in [5, 5.41) is 0.664. The Hall–Kier alpha value is -0.510. The number of alkyl halides is 1. The van der Waals surface area contributed by atoms with Crippen LogP contribution in [0.1, 0.15) is 18.4 Å². The van der Waals surface area contributed by atoms with Crippen LogP contribution < -0.4 is 4.90 Å². The van der Waals surface area contributed by atoms with E-state index >= 15 is 0 Å². The Morgan fingerprint density at radius 1 is 1.47 bits per heavy atom. The average Bonchev–Trinajstić information content (AvgIpc) is 2.39. The molecule has 94 valence electrons. The lowest BCUT2D eigenvalue weighted by Crippen LogP contribution is -2.37. The molecule has 0 spiro atoms. The van der Waals surface area contributed by atoms with Gasteiger partial charge in [0, 0.05) is 38.4 Å². The van der Waals surface area contributed by atoms with Crippen molar-refractivity contribution in [2.75, 3.05) is 25.2 Å². The summed E-state index contributed by atoms with van der Waals surface area (Å²) in [4.78, 5) is 6.53. The highest BCUT2D eigenvalue weighted by atomic mass is 35.5. The molecule has 0 atom stereocenters. The van der Waals surface area contributed by atoms with Crippen molar-refractivity contribution < 1.29 is 4.74 Å². The fraction of sp³-hybridized carbons (Fsp3) is 0.583. The van der Waals surface area contributed by atoms with Gasteiger partial charge in [0.15, 0.2) is 0 Å². The van der Waals surface area contributed by atoms with Crippen molar-refractivity contribution in [2.45, 2.75) is 24.8 Å². The first-order valence-corrected chi connectivity index (χ1v) is 6.64. The number of pyridine rings is 1. The normalized spacial score (nSPS) is 17.1. The van der Waals surface area contributed by atoms with Crippen molar-refractivity contribution in [3.8, 4) is 0 Å². The fourth-order valence-electron chi connectivity index (χ4n) is 2.05. The predicted octanol–water partition coefficient (Wildman–Crippen LogP) is 3.09. The number of hydrogen-bond donors (Lipinski definition) is 0. The molecule has 0 aliphatic carbocycles. The van der Waals surface area contributed by atoms with E-state index in [1.54, 1.807) is 6.20 Å². The van der Waals surface area contributed by atoms with Gasteiger partial charge in [-0.25, -0.2) is 4.98 Å². The highest BCUT2D eigenvalue weighted by Crippen LogP contribution is 2.27. The molecule has 0 N–H and O–H groups in total. The largest absolute Gasteiger partial charge is 0.381 e. The number of hydrogen-bond acceptors (Lipinski definition) is 3. The van der Waals surface area contributed by atoms with Crippen molar-refractivity contribution in [2.24, 2.45) is 0 Å². The van der Waals surface area contributed by atoms with Crippen LogP contribution in [-0.2, 0) is 10.6 Å². The molecule has 17 heavy (non-hydrogen) atoms. The van der Waals surface area contributed by atoms with Gasteiger partial charge in [0.2, 0.25) is 0 Å². The smallest absolute Gasteiger partial charge is 0.147 e. The number of halogens is 2. The van der Waals surface area contributed by atoms with Crippen LogP contribution in [-0.4, -0.2) is 31.3 Å². The Balaban J connectivity index is 2.15. The topological polar surface area (TPSA) is 25.4 Å². The minimum Gasteiger partial charge on any atom is -0.381 e. The summed E-state index contributed by atoms with van der Waals surface area (Å²) in [5.41, 5.74) is 0.945. The Morgan fingerprint density at radius 2 is 2.18 bits per heavy atom. The van der Waals surface area contributed by atoms with Crippen molar-refractivity contribution in [1.29, 1.82) is 0 Å². The van der Waals surface area contributed by atoms with E-state index in [1.807, 2.05) is 13.1 Å². The highest BCUT2D eigenvalue weighted by Gasteiger charge is 2.21. The highest BCUT2D eigenvalue weighted by molar-refractivity contribution is 6.33. The first-order chi connectivity index (χ1) is 8.22. The molecular formula is C12H16Cl2N2O. The summed E-state index contributed by atoms with van der Waals surface area (Å²) in [5.74, 6) is 1.26. The summed E-state index contributed by atoms with van der Waals surface area (Å²) >= 11 is 12.0. The van der Waals surface area contributed by atoms with Crippen LogP contribution in [0.2, 0.25) is 5.02 Å². The van der Waals surface area contributed by atoms with Crippen molar-refractivity contribution in [1.82, 2.24) is 4.98 Å². The summed E-state index contributed by atoms with van der Waals surface area (Å²) in [6, 6.07) is 2.34. The first kappa shape index (κ1) is 12.9. The number of ether oxygens (including phenoxy) is 1. The van der Waals surface area contributed by atoms with Crippen LogP contribution in [0.25, 0.3) is 0 Å². The Morgan fingerprint density at radius 3 is 2.76 bits per heavy atom. The maximum Gasteiger partial charge on any atom is 0.147 e. The molecule has 3 nitrogen and oxygen atoms in total. The van der Waals surface area contributed by atoms with Crippen LogP contribution in [0.4, 0.5) is 5.82 Å². The van der Waals surface area contributed by atoms with Gasteiger partial charge in [0.1, 0.15) is 5.82 Å². The molecule has 1 saturated heterocycles. The second-order valence-electron chi connectivity index (χ2n) is 4.24. The van der Waals surface area contributed by atoms with E-state index in [0.29, 0.717) is 16.9 Å². The SMILES string of the molecule is CN(c1ncc(CCl)cc1Cl)C1CCOCC1. The third-order valence-corrected chi connectivity index (χ3v) is 3.69. The number of nitrogens with zero attached hydrogens (tertiary/aromatic N) is 2. The molecule has 2 rings (SSSR count). The van der Waals surface area contributed by atoms with Crippen LogP contribution >= 0.6 is 23.2 Å². The molecule has 0 saturated carbocycles. The van der Waals surface area contributed by atoms with E-state index in [2.05, 4.69) is 9.88 Å². The third kappa shape index (κ3) is 3.03. The van der Waals surface area contributed by atoms with E-state index in [0.717, 1.165) is 37.4 Å². The van der Waals surface area contributed by atoms with Gasteiger partial charge < -0.3 is 9.64 Å². The van der Waals surface area contributed by atoms with E-state index in [1.165, 1.54) is 0 Å². The molecule has 0 unspecified atom stereocenters. The van der Waals surface area contributed by atoms with Gasteiger partial charge in [-0.2, -0.15) is 0 Å². The van der Waals surface area contributed by atoms with E-state index in [4.69, 9.17) is 27.9 Å². The number of anilines is 1. The second kappa shape index (κ2) is 5.89. The summed E-state index contributed by atoms with van der Waals surface area (Å²) < 4.78 is 5.35. The molecule has 0 amide bonds. The quantitative estimate of drug-likeness (QED) is 0.793. The third-order valence-electron chi connectivity index (χ3n) is 3.11. The standard InChI is InChI=1S/C12H16Cl2N2O/c1-16(10-2-4-17-5-3-10)12-11(14)6-9(7-13)8-15-12/h6,8,10H,2-5,7H2,1H3. The van der Waals surface area contributed by atoms with E-state index in [-0.39, 0.29) is 0 Å². The molecule has 2 heterocycles. The van der Waals surface area contributed by atoms with Crippen molar-refractivity contribution in [3.05, 3.63) is 22.8 Å². The Labute approximate surface area is 112 Å². The van der Waals surface area contributed by atoms with Gasteiger partial charge >= 0.3 is 0 Å². The monoisotopic (exact) mass is 274 g/mol. The lowest BCUT2D eigenvalue weighted by atomic mass is 10.1. The van der Waals surface area contributed by atoms with Gasteiger partial charge in [-0.1, -0.05) is 11.6 Å². The Kier molecular flexibility index (Phi) is 4.48. The van der Waals surface area contributed by atoms with Gasteiger partial charge in [-0.3, -0.25) is 0 Å². The van der Waals surface area contributed by atoms with Gasteiger partial charge in [0.25, 0.3) is 0 Å². The van der Waals surface area contributed by atoms with Crippen molar-refractivity contribution in [3.63, 3.8) is 0 Å².